The Kier molecular flexibility index (Phi) is 4.79. The van der Waals surface area contributed by atoms with Crippen LogP contribution in [0.1, 0.15) is 43.4 Å². The van der Waals surface area contributed by atoms with Gasteiger partial charge in [-0.05, 0) is 50.9 Å². The van der Waals surface area contributed by atoms with Crippen LogP contribution in [-0.2, 0) is 0 Å². The molecule has 0 amide bonds. The molecule has 0 bridgehead atoms. The summed E-state index contributed by atoms with van der Waals surface area (Å²) in [7, 11) is 2.26. The van der Waals surface area contributed by atoms with Gasteiger partial charge in [0, 0.05) is 18.6 Å². The van der Waals surface area contributed by atoms with Crippen molar-refractivity contribution in [2.75, 3.05) is 20.1 Å². The number of benzene rings is 1. The lowest BCUT2D eigenvalue weighted by molar-refractivity contribution is 0.281. The van der Waals surface area contributed by atoms with E-state index in [0.717, 1.165) is 19.1 Å². The highest BCUT2D eigenvalue weighted by Crippen LogP contribution is 2.28. The molecule has 1 saturated carbocycles. The van der Waals surface area contributed by atoms with Gasteiger partial charge in [-0.1, -0.05) is 31.2 Å². The third-order valence-corrected chi connectivity index (χ3v) is 3.85. The minimum atomic E-state index is 0.469. The Bertz CT molecular complexity index is 371. The molecule has 0 saturated heterocycles. The lowest BCUT2D eigenvalue weighted by Crippen LogP contribution is -2.35. The monoisotopic (exact) mass is 246 g/mol. The Hall–Kier alpha value is -0.860. The van der Waals surface area contributed by atoms with E-state index >= 15 is 0 Å². The molecule has 0 heterocycles. The SMILES string of the molecule is CCCNC(CN(C)C1CC1)c1ccccc1C. The first-order chi connectivity index (χ1) is 8.72. The van der Waals surface area contributed by atoms with E-state index in [0.29, 0.717) is 6.04 Å². The molecule has 100 valence electrons. The van der Waals surface area contributed by atoms with Crippen LogP contribution in [0.4, 0.5) is 0 Å². The summed E-state index contributed by atoms with van der Waals surface area (Å²) in [5, 5.41) is 3.70. The Balaban J connectivity index is 2.05. The number of nitrogens with one attached hydrogen (secondary N) is 1. The average Bonchev–Trinajstić information content (AvgIpc) is 3.19. The van der Waals surface area contributed by atoms with Crippen LogP contribution in [0.5, 0.6) is 0 Å². The molecule has 1 aliphatic rings. The van der Waals surface area contributed by atoms with Gasteiger partial charge in [0.2, 0.25) is 0 Å². The summed E-state index contributed by atoms with van der Waals surface area (Å²) in [6, 6.07) is 10.1. The molecule has 1 aromatic carbocycles. The third kappa shape index (κ3) is 3.56. The van der Waals surface area contributed by atoms with Crippen molar-refractivity contribution >= 4 is 0 Å². The van der Waals surface area contributed by atoms with Gasteiger partial charge in [0.1, 0.15) is 0 Å². The number of hydrogen-bond acceptors (Lipinski definition) is 2. The topological polar surface area (TPSA) is 15.3 Å². The van der Waals surface area contributed by atoms with Crippen LogP contribution in [0.2, 0.25) is 0 Å². The van der Waals surface area contributed by atoms with E-state index in [9.17, 15) is 0 Å². The molecule has 2 rings (SSSR count). The van der Waals surface area contributed by atoms with Gasteiger partial charge in [-0.2, -0.15) is 0 Å². The molecule has 1 N–H and O–H groups in total. The van der Waals surface area contributed by atoms with Crippen molar-refractivity contribution in [1.82, 2.24) is 10.2 Å². The fourth-order valence-electron chi connectivity index (χ4n) is 2.52. The zero-order chi connectivity index (χ0) is 13.0. The van der Waals surface area contributed by atoms with Crippen LogP contribution in [-0.4, -0.2) is 31.1 Å². The van der Waals surface area contributed by atoms with Crippen LogP contribution >= 0.6 is 0 Å². The van der Waals surface area contributed by atoms with Crippen molar-refractivity contribution in [3.05, 3.63) is 35.4 Å². The summed E-state index contributed by atoms with van der Waals surface area (Å²) in [4.78, 5) is 2.51. The second-order valence-corrected chi connectivity index (χ2v) is 5.53. The zero-order valence-corrected chi connectivity index (χ0v) is 11.9. The number of nitrogens with zero attached hydrogens (tertiary/aromatic N) is 1. The van der Waals surface area contributed by atoms with Crippen LogP contribution < -0.4 is 5.32 Å². The molecule has 1 atom stereocenters. The summed E-state index contributed by atoms with van der Waals surface area (Å²) in [5.74, 6) is 0. The lowest BCUT2D eigenvalue weighted by Gasteiger charge is -2.26. The van der Waals surface area contributed by atoms with E-state index in [-0.39, 0.29) is 0 Å². The van der Waals surface area contributed by atoms with Crippen LogP contribution in [0, 0.1) is 6.92 Å². The summed E-state index contributed by atoms with van der Waals surface area (Å²) < 4.78 is 0. The molecule has 1 fully saturated rings. The fraction of sp³-hybridized carbons (Fsp3) is 0.625. The fourth-order valence-corrected chi connectivity index (χ4v) is 2.52. The molecule has 2 heteroatoms. The standard InChI is InChI=1S/C16H26N2/c1-4-11-17-16(12-18(3)14-9-10-14)15-8-6-5-7-13(15)2/h5-8,14,16-17H,4,9-12H2,1-3H3. The highest BCUT2D eigenvalue weighted by atomic mass is 15.2. The molecular formula is C16H26N2. The summed E-state index contributed by atoms with van der Waals surface area (Å²) >= 11 is 0. The Morgan fingerprint density at radius 2 is 2.06 bits per heavy atom. The molecule has 18 heavy (non-hydrogen) atoms. The molecule has 2 nitrogen and oxygen atoms in total. The predicted octanol–water partition coefficient (Wildman–Crippen LogP) is 3.13. The van der Waals surface area contributed by atoms with E-state index < -0.39 is 0 Å². The van der Waals surface area contributed by atoms with Crippen molar-refractivity contribution in [1.29, 1.82) is 0 Å². The van der Waals surface area contributed by atoms with Gasteiger partial charge in [0.15, 0.2) is 0 Å². The van der Waals surface area contributed by atoms with Crippen molar-refractivity contribution in [3.8, 4) is 0 Å². The number of hydrogen-bond donors (Lipinski definition) is 1. The highest BCUT2D eigenvalue weighted by molar-refractivity contribution is 5.29. The zero-order valence-electron chi connectivity index (χ0n) is 11.9. The van der Waals surface area contributed by atoms with Gasteiger partial charge < -0.3 is 10.2 Å². The van der Waals surface area contributed by atoms with E-state index in [1.165, 1.54) is 30.4 Å². The number of aryl methyl sites for hydroxylation is 1. The third-order valence-electron chi connectivity index (χ3n) is 3.85. The second kappa shape index (κ2) is 6.35. The van der Waals surface area contributed by atoms with Crippen LogP contribution in [0.3, 0.4) is 0 Å². The molecular weight excluding hydrogens is 220 g/mol. The Labute approximate surface area is 111 Å². The largest absolute Gasteiger partial charge is 0.309 e. The maximum atomic E-state index is 3.70. The molecule has 0 aromatic heterocycles. The number of likely N-dealkylation sites (N-methyl/N-ethyl adjacent to an activating group) is 1. The summed E-state index contributed by atoms with van der Waals surface area (Å²) in [5.41, 5.74) is 2.86. The average molecular weight is 246 g/mol. The van der Waals surface area contributed by atoms with Crippen LogP contribution in [0.15, 0.2) is 24.3 Å². The molecule has 0 spiro atoms. The lowest BCUT2D eigenvalue weighted by atomic mass is 10.0. The highest BCUT2D eigenvalue weighted by Gasteiger charge is 2.28. The minimum Gasteiger partial charge on any atom is -0.309 e. The van der Waals surface area contributed by atoms with E-state index in [1.807, 2.05) is 0 Å². The molecule has 1 aromatic rings. The summed E-state index contributed by atoms with van der Waals surface area (Å²) in [6.45, 7) is 6.66. The smallest absolute Gasteiger partial charge is 0.0451 e. The Morgan fingerprint density at radius 1 is 1.33 bits per heavy atom. The quantitative estimate of drug-likeness (QED) is 0.795. The number of rotatable bonds is 7. The predicted molar refractivity (Wildman–Crippen MR) is 77.9 cm³/mol. The maximum absolute atomic E-state index is 3.70. The normalized spacial score (nSPS) is 17.1. The van der Waals surface area contributed by atoms with Gasteiger partial charge in [-0.25, -0.2) is 0 Å². The first-order valence-corrected chi connectivity index (χ1v) is 7.21. The maximum Gasteiger partial charge on any atom is 0.0451 e. The Morgan fingerprint density at radius 3 is 2.67 bits per heavy atom. The van der Waals surface area contributed by atoms with E-state index in [1.54, 1.807) is 0 Å². The van der Waals surface area contributed by atoms with E-state index in [4.69, 9.17) is 0 Å². The van der Waals surface area contributed by atoms with Gasteiger partial charge in [0.25, 0.3) is 0 Å². The minimum absolute atomic E-state index is 0.469. The van der Waals surface area contributed by atoms with E-state index in [2.05, 4.69) is 55.4 Å². The van der Waals surface area contributed by atoms with Crippen molar-refractivity contribution < 1.29 is 0 Å². The van der Waals surface area contributed by atoms with Crippen LogP contribution in [0.25, 0.3) is 0 Å². The molecule has 1 aliphatic carbocycles. The molecule has 0 aliphatic heterocycles. The van der Waals surface area contributed by atoms with Crippen molar-refractivity contribution in [3.63, 3.8) is 0 Å². The molecule has 1 unspecified atom stereocenters. The van der Waals surface area contributed by atoms with Crippen molar-refractivity contribution in [2.24, 2.45) is 0 Å². The van der Waals surface area contributed by atoms with Crippen molar-refractivity contribution in [2.45, 2.75) is 45.2 Å². The molecule has 0 radical (unpaired) electrons. The summed E-state index contributed by atoms with van der Waals surface area (Å²) in [6.07, 6.45) is 3.95. The second-order valence-electron chi connectivity index (χ2n) is 5.53. The first-order valence-electron chi connectivity index (χ1n) is 7.21. The van der Waals surface area contributed by atoms with Gasteiger partial charge >= 0.3 is 0 Å². The van der Waals surface area contributed by atoms with Gasteiger partial charge in [0.05, 0.1) is 0 Å². The van der Waals surface area contributed by atoms with Gasteiger partial charge in [-0.3, -0.25) is 0 Å². The van der Waals surface area contributed by atoms with Gasteiger partial charge in [-0.15, -0.1) is 0 Å². The first kappa shape index (κ1) is 13.6.